The molecule has 2 atom stereocenters. The van der Waals surface area contributed by atoms with Crippen LogP contribution in [0.3, 0.4) is 0 Å². The fourth-order valence-corrected chi connectivity index (χ4v) is 4.47. The first-order chi connectivity index (χ1) is 15.4. The van der Waals surface area contributed by atoms with E-state index in [2.05, 4.69) is 50.0 Å². The normalized spacial score (nSPS) is 21.3. The van der Waals surface area contributed by atoms with Crippen molar-refractivity contribution < 1.29 is 14.3 Å². The number of carbonyl (C=O) groups excluding carboxylic acids is 1. The minimum atomic E-state index is -0.621. The van der Waals surface area contributed by atoms with Crippen molar-refractivity contribution in [3.05, 3.63) is 45.5 Å². The summed E-state index contributed by atoms with van der Waals surface area (Å²) in [6.45, 7) is 2.15. The van der Waals surface area contributed by atoms with Crippen LogP contribution in [0.5, 0.6) is 0 Å². The molecule has 2 fully saturated rings. The Morgan fingerprint density at radius 1 is 1.28 bits per heavy atom. The number of amides is 1. The van der Waals surface area contributed by atoms with Gasteiger partial charge in [-0.15, -0.1) is 0 Å². The highest BCUT2D eigenvalue weighted by Gasteiger charge is 2.33. The number of nitrogens with two attached hydrogens (primary N) is 1. The molecule has 8 nitrogen and oxygen atoms in total. The van der Waals surface area contributed by atoms with Crippen LogP contribution in [0.15, 0.2) is 30.6 Å². The minimum absolute atomic E-state index is 0.0664. The quantitative estimate of drug-likeness (QED) is 0.407. The average molecular weight is 554 g/mol. The Morgan fingerprint density at radius 2 is 2.03 bits per heavy atom. The van der Waals surface area contributed by atoms with E-state index in [0.29, 0.717) is 38.4 Å². The number of benzene rings is 1. The molecule has 1 amide bonds. The third-order valence-electron chi connectivity index (χ3n) is 6.01. The van der Waals surface area contributed by atoms with Gasteiger partial charge in [0.2, 0.25) is 11.7 Å². The maximum absolute atomic E-state index is 15.4. The molecule has 0 radical (unpaired) electrons. The maximum Gasteiger partial charge on any atom is 0.231 e. The zero-order valence-electron chi connectivity index (χ0n) is 17.8. The molecular formula is C22H28FIN6O2. The highest BCUT2D eigenvalue weighted by molar-refractivity contribution is 14.1. The molecule has 1 aliphatic heterocycles. The largest absolute Gasteiger partial charge is 0.391 e. The number of aliphatic hydroxyl groups is 1. The van der Waals surface area contributed by atoms with Crippen molar-refractivity contribution in [2.45, 2.75) is 38.0 Å². The van der Waals surface area contributed by atoms with E-state index in [9.17, 15) is 9.90 Å². The van der Waals surface area contributed by atoms with Gasteiger partial charge in [0.05, 0.1) is 12.6 Å². The highest BCUT2D eigenvalue weighted by atomic mass is 127. The summed E-state index contributed by atoms with van der Waals surface area (Å²) in [5.41, 5.74) is 6.35. The zero-order chi connectivity index (χ0) is 22.7. The van der Waals surface area contributed by atoms with Gasteiger partial charge in [-0.25, -0.2) is 9.97 Å². The van der Waals surface area contributed by atoms with E-state index in [0.717, 1.165) is 22.0 Å². The average Bonchev–Trinajstić information content (AvgIpc) is 3.59. The molecule has 1 aliphatic carbocycles. The molecule has 1 aromatic heterocycles. The number of halogens is 2. The summed E-state index contributed by atoms with van der Waals surface area (Å²) in [6, 6.07) is 8.49. The molecule has 2 aliphatic rings. The zero-order valence-corrected chi connectivity index (χ0v) is 19.9. The summed E-state index contributed by atoms with van der Waals surface area (Å²) in [6.07, 6.45) is 3.49. The molecule has 32 heavy (non-hydrogen) atoms. The number of piperidine rings is 1. The van der Waals surface area contributed by atoms with E-state index in [1.807, 2.05) is 21.9 Å². The van der Waals surface area contributed by atoms with Crippen LogP contribution in [0.2, 0.25) is 0 Å². The van der Waals surface area contributed by atoms with Gasteiger partial charge in [-0.1, -0.05) is 12.1 Å². The molecule has 172 valence electrons. The number of nitrogens with zero attached hydrogens (tertiary/aromatic N) is 4. The van der Waals surface area contributed by atoms with Gasteiger partial charge in [-0.05, 0) is 66.1 Å². The van der Waals surface area contributed by atoms with Gasteiger partial charge in [0.25, 0.3) is 0 Å². The van der Waals surface area contributed by atoms with Gasteiger partial charge in [0.15, 0.2) is 11.6 Å². The van der Waals surface area contributed by atoms with E-state index in [1.54, 1.807) is 0 Å². The topological polar surface area (TPSA) is 108 Å². The fourth-order valence-electron chi connectivity index (χ4n) is 4.11. The summed E-state index contributed by atoms with van der Waals surface area (Å²) in [5.74, 6) is -0.487. The van der Waals surface area contributed by atoms with Crippen LogP contribution in [0.25, 0.3) is 0 Å². The van der Waals surface area contributed by atoms with Crippen LogP contribution >= 0.6 is 22.6 Å². The Labute approximate surface area is 200 Å². The molecule has 2 aromatic rings. The number of nitrogens with one attached hydrogen (secondary N) is 1. The summed E-state index contributed by atoms with van der Waals surface area (Å²) < 4.78 is 16.5. The van der Waals surface area contributed by atoms with Crippen LogP contribution in [-0.4, -0.2) is 64.2 Å². The first-order valence-corrected chi connectivity index (χ1v) is 11.9. The lowest BCUT2D eigenvalue weighted by molar-refractivity contribution is -0.120. The van der Waals surface area contributed by atoms with Crippen molar-refractivity contribution in [1.29, 1.82) is 0 Å². The molecule has 0 spiro atoms. The highest BCUT2D eigenvalue weighted by Crippen LogP contribution is 2.34. The minimum Gasteiger partial charge on any atom is -0.391 e. The number of anilines is 2. The lowest BCUT2D eigenvalue weighted by atomic mass is 9.93. The van der Waals surface area contributed by atoms with E-state index in [1.165, 1.54) is 6.33 Å². The molecule has 0 unspecified atom stereocenters. The molecule has 10 heteroatoms. The number of hydrogen-bond donors (Lipinski definition) is 3. The summed E-state index contributed by atoms with van der Waals surface area (Å²) in [5, 5.41) is 13.5. The second kappa shape index (κ2) is 10.3. The summed E-state index contributed by atoms with van der Waals surface area (Å²) >= 11 is 2.27. The number of β-amino-alcohol motifs (C(OH)–C–C–N with tert-alkyl or cyclic N) is 1. The summed E-state index contributed by atoms with van der Waals surface area (Å²) in [7, 11) is 0. The van der Waals surface area contributed by atoms with Crippen LogP contribution in [0.1, 0.15) is 24.8 Å². The predicted molar refractivity (Wildman–Crippen MR) is 129 cm³/mol. The molecule has 4 rings (SSSR count). The van der Waals surface area contributed by atoms with Gasteiger partial charge >= 0.3 is 0 Å². The lowest BCUT2D eigenvalue weighted by Gasteiger charge is -2.35. The third-order valence-corrected chi connectivity index (χ3v) is 6.73. The Hall–Kier alpha value is -2.05. The molecule has 2 heterocycles. The number of aromatic nitrogens is 2. The lowest BCUT2D eigenvalue weighted by Crippen LogP contribution is -2.48. The van der Waals surface area contributed by atoms with Crippen molar-refractivity contribution in [1.82, 2.24) is 14.9 Å². The number of primary amides is 1. The van der Waals surface area contributed by atoms with Crippen LogP contribution in [0.4, 0.5) is 16.0 Å². The van der Waals surface area contributed by atoms with Gasteiger partial charge in [-0.2, -0.15) is 4.39 Å². The van der Waals surface area contributed by atoms with E-state index in [-0.39, 0.29) is 24.3 Å². The second-order valence-corrected chi connectivity index (χ2v) is 9.79. The molecule has 4 N–H and O–H groups in total. The third kappa shape index (κ3) is 5.84. The Kier molecular flexibility index (Phi) is 7.41. The standard InChI is InChI=1S/C22H28FIN6O2/c23-20-21(26-9-15-7-8-29(11-18(15)31)12-19(25)32)27-13-28-22(20)30(17-5-6-17)10-14-1-3-16(24)4-2-14/h1-4,13,15,17-18,31H,5-12H2,(H2,25,32)(H,26,27,28)/t15-,18+/m0/s1. The van der Waals surface area contributed by atoms with Gasteiger partial charge in [-0.3, -0.25) is 9.69 Å². The number of hydrogen-bond acceptors (Lipinski definition) is 7. The van der Waals surface area contributed by atoms with Crippen LogP contribution in [-0.2, 0) is 11.3 Å². The Morgan fingerprint density at radius 3 is 2.69 bits per heavy atom. The molecule has 1 saturated carbocycles. The molecule has 1 aromatic carbocycles. The Bertz CT molecular complexity index is 943. The van der Waals surface area contributed by atoms with E-state index >= 15 is 4.39 Å². The number of rotatable bonds is 9. The van der Waals surface area contributed by atoms with Gasteiger partial charge in [0, 0.05) is 35.2 Å². The van der Waals surface area contributed by atoms with Gasteiger partial charge in [0.1, 0.15) is 6.33 Å². The fraction of sp³-hybridized carbons (Fsp3) is 0.500. The monoisotopic (exact) mass is 554 g/mol. The van der Waals surface area contributed by atoms with E-state index in [4.69, 9.17) is 5.73 Å². The first-order valence-electron chi connectivity index (χ1n) is 10.8. The molecule has 1 saturated heterocycles. The van der Waals surface area contributed by atoms with Crippen molar-refractivity contribution in [3.63, 3.8) is 0 Å². The molecular weight excluding hydrogens is 526 g/mol. The van der Waals surface area contributed by atoms with Crippen molar-refractivity contribution in [2.75, 3.05) is 36.4 Å². The van der Waals surface area contributed by atoms with Crippen LogP contribution < -0.4 is 16.0 Å². The van der Waals surface area contributed by atoms with Crippen molar-refractivity contribution in [2.24, 2.45) is 11.7 Å². The number of likely N-dealkylation sites (tertiary alicyclic amines) is 1. The maximum atomic E-state index is 15.4. The van der Waals surface area contributed by atoms with E-state index < -0.39 is 17.8 Å². The molecule has 0 bridgehead atoms. The Balaban J connectivity index is 1.41. The number of aliphatic hydroxyl groups excluding tert-OH is 1. The predicted octanol–water partition coefficient (Wildman–Crippen LogP) is 1.97. The van der Waals surface area contributed by atoms with Crippen molar-refractivity contribution in [3.8, 4) is 0 Å². The SMILES string of the molecule is NC(=O)CN1CC[C@@H](CNc2ncnc(N(Cc3ccc(I)cc3)C3CC3)c2F)[C@H](O)C1. The van der Waals surface area contributed by atoms with Gasteiger partial charge < -0.3 is 21.1 Å². The van der Waals surface area contributed by atoms with Crippen LogP contribution in [0, 0.1) is 15.3 Å². The number of carbonyl (C=O) groups is 1. The summed E-state index contributed by atoms with van der Waals surface area (Å²) in [4.78, 5) is 23.3. The first kappa shape index (κ1) is 23.1. The van der Waals surface area contributed by atoms with Crippen molar-refractivity contribution >= 4 is 40.1 Å². The smallest absolute Gasteiger partial charge is 0.231 e. The second-order valence-electron chi connectivity index (χ2n) is 8.54.